The lowest BCUT2D eigenvalue weighted by molar-refractivity contribution is -0.118. The van der Waals surface area contributed by atoms with E-state index in [4.69, 9.17) is 9.47 Å². The van der Waals surface area contributed by atoms with Crippen molar-refractivity contribution in [2.75, 3.05) is 18.5 Å². The fourth-order valence-corrected chi connectivity index (χ4v) is 2.25. The predicted octanol–water partition coefficient (Wildman–Crippen LogP) is 3.92. The van der Waals surface area contributed by atoms with Crippen molar-refractivity contribution in [2.45, 2.75) is 27.2 Å². The van der Waals surface area contributed by atoms with Crippen molar-refractivity contribution in [3.63, 3.8) is 0 Å². The smallest absolute Gasteiger partial charge is 0.262 e. The SMILES string of the molecule is CCCOc1ccc(C=O)c(OCC(=O)Nc2cc(C)ccc2C)c1. The number of carbonyl (C=O) groups excluding carboxylic acids is 2. The molecule has 0 unspecified atom stereocenters. The topological polar surface area (TPSA) is 64.6 Å². The van der Waals surface area contributed by atoms with Crippen molar-refractivity contribution in [2.24, 2.45) is 0 Å². The van der Waals surface area contributed by atoms with Gasteiger partial charge < -0.3 is 14.8 Å². The summed E-state index contributed by atoms with van der Waals surface area (Å²) in [4.78, 5) is 23.3. The third kappa shape index (κ3) is 5.35. The van der Waals surface area contributed by atoms with Gasteiger partial charge in [0.1, 0.15) is 11.5 Å². The van der Waals surface area contributed by atoms with E-state index in [9.17, 15) is 9.59 Å². The molecule has 0 saturated carbocycles. The second kappa shape index (κ2) is 8.87. The van der Waals surface area contributed by atoms with Crippen LogP contribution in [0.2, 0.25) is 0 Å². The van der Waals surface area contributed by atoms with Crippen LogP contribution in [0.4, 0.5) is 5.69 Å². The summed E-state index contributed by atoms with van der Waals surface area (Å²) >= 11 is 0. The summed E-state index contributed by atoms with van der Waals surface area (Å²) in [5.41, 5.74) is 3.17. The maximum absolute atomic E-state index is 12.2. The fourth-order valence-electron chi connectivity index (χ4n) is 2.25. The number of ether oxygens (including phenoxy) is 2. The average Bonchev–Trinajstić information content (AvgIpc) is 2.61. The average molecular weight is 341 g/mol. The summed E-state index contributed by atoms with van der Waals surface area (Å²) in [7, 11) is 0. The molecule has 5 heteroatoms. The van der Waals surface area contributed by atoms with Crippen LogP contribution in [-0.2, 0) is 4.79 Å². The monoisotopic (exact) mass is 341 g/mol. The number of aryl methyl sites for hydroxylation is 2. The maximum Gasteiger partial charge on any atom is 0.262 e. The highest BCUT2D eigenvalue weighted by Crippen LogP contribution is 2.24. The van der Waals surface area contributed by atoms with Crippen LogP contribution < -0.4 is 14.8 Å². The summed E-state index contributed by atoms with van der Waals surface area (Å²) in [6, 6.07) is 10.8. The van der Waals surface area contributed by atoms with E-state index in [0.717, 1.165) is 23.2 Å². The lowest BCUT2D eigenvalue weighted by Crippen LogP contribution is -2.21. The first-order chi connectivity index (χ1) is 12.0. The van der Waals surface area contributed by atoms with Crippen molar-refractivity contribution < 1.29 is 19.1 Å². The van der Waals surface area contributed by atoms with E-state index in [1.165, 1.54) is 0 Å². The Balaban J connectivity index is 2.02. The fraction of sp³-hybridized carbons (Fsp3) is 0.300. The minimum Gasteiger partial charge on any atom is -0.493 e. The van der Waals surface area contributed by atoms with Gasteiger partial charge in [0.2, 0.25) is 0 Å². The number of hydrogen-bond acceptors (Lipinski definition) is 4. The lowest BCUT2D eigenvalue weighted by Gasteiger charge is -2.12. The molecule has 0 aliphatic carbocycles. The number of anilines is 1. The first-order valence-electron chi connectivity index (χ1n) is 8.25. The van der Waals surface area contributed by atoms with Crippen molar-refractivity contribution in [1.29, 1.82) is 0 Å². The number of benzene rings is 2. The zero-order valence-electron chi connectivity index (χ0n) is 14.8. The minimum absolute atomic E-state index is 0.189. The quantitative estimate of drug-likeness (QED) is 0.739. The van der Waals surface area contributed by atoms with Gasteiger partial charge in [-0.15, -0.1) is 0 Å². The number of rotatable bonds is 8. The zero-order valence-corrected chi connectivity index (χ0v) is 14.8. The van der Waals surface area contributed by atoms with Gasteiger partial charge in [-0.05, 0) is 49.6 Å². The van der Waals surface area contributed by atoms with Gasteiger partial charge in [-0.1, -0.05) is 19.1 Å². The molecule has 0 saturated heterocycles. The number of amides is 1. The van der Waals surface area contributed by atoms with Crippen LogP contribution >= 0.6 is 0 Å². The van der Waals surface area contributed by atoms with Crippen LogP contribution in [0.25, 0.3) is 0 Å². The van der Waals surface area contributed by atoms with Gasteiger partial charge in [-0.25, -0.2) is 0 Å². The van der Waals surface area contributed by atoms with Crippen LogP contribution in [0, 0.1) is 13.8 Å². The van der Waals surface area contributed by atoms with Crippen molar-refractivity contribution in [3.8, 4) is 11.5 Å². The highest BCUT2D eigenvalue weighted by molar-refractivity contribution is 5.93. The molecule has 0 aromatic heterocycles. The van der Waals surface area contributed by atoms with Crippen LogP contribution in [0.5, 0.6) is 11.5 Å². The van der Waals surface area contributed by atoms with Gasteiger partial charge in [-0.3, -0.25) is 9.59 Å². The molecule has 0 atom stereocenters. The molecule has 2 rings (SSSR count). The van der Waals surface area contributed by atoms with E-state index in [0.29, 0.717) is 30.0 Å². The van der Waals surface area contributed by atoms with E-state index in [1.807, 2.05) is 39.0 Å². The maximum atomic E-state index is 12.2. The molecular formula is C20H23NO4. The van der Waals surface area contributed by atoms with E-state index in [2.05, 4.69) is 5.32 Å². The Hall–Kier alpha value is -2.82. The molecule has 132 valence electrons. The molecule has 0 heterocycles. The van der Waals surface area contributed by atoms with Crippen LogP contribution in [0.1, 0.15) is 34.8 Å². The molecule has 0 fully saturated rings. The van der Waals surface area contributed by atoms with Gasteiger partial charge in [0.15, 0.2) is 12.9 Å². The van der Waals surface area contributed by atoms with E-state index in [-0.39, 0.29) is 12.5 Å². The first-order valence-corrected chi connectivity index (χ1v) is 8.25. The zero-order chi connectivity index (χ0) is 18.2. The van der Waals surface area contributed by atoms with Crippen LogP contribution in [0.15, 0.2) is 36.4 Å². The van der Waals surface area contributed by atoms with Crippen molar-refractivity contribution in [3.05, 3.63) is 53.1 Å². The lowest BCUT2D eigenvalue weighted by atomic mass is 10.1. The third-order valence-electron chi connectivity index (χ3n) is 3.61. The Labute approximate surface area is 148 Å². The highest BCUT2D eigenvalue weighted by atomic mass is 16.5. The molecule has 0 radical (unpaired) electrons. The highest BCUT2D eigenvalue weighted by Gasteiger charge is 2.10. The Morgan fingerprint density at radius 1 is 1.12 bits per heavy atom. The molecule has 0 aliphatic heterocycles. The largest absolute Gasteiger partial charge is 0.493 e. The molecule has 25 heavy (non-hydrogen) atoms. The Morgan fingerprint density at radius 3 is 2.64 bits per heavy atom. The standard InChI is InChI=1S/C20H23NO4/c1-4-9-24-17-8-7-16(12-22)19(11-17)25-13-20(23)21-18-10-14(2)5-6-15(18)3/h5-8,10-12H,4,9,13H2,1-3H3,(H,21,23). The molecule has 1 amide bonds. The number of carbonyl (C=O) groups is 2. The van der Waals surface area contributed by atoms with Gasteiger partial charge >= 0.3 is 0 Å². The molecule has 5 nitrogen and oxygen atoms in total. The summed E-state index contributed by atoms with van der Waals surface area (Å²) in [6.07, 6.45) is 1.57. The second-order valence-corrected chi connectivity index (χ2v) is 5.82. The second-order valence-electron chi connectivity index (χ2n) is 5.82. The number of nitrogens with one attached hydrogen (secondary N) is 1. The van der Waals surface area contributed by atoms with Gasteiger partial charge in [0.05, 0.1) is 12.2 Å². The van der Waals surface area contributed by atoms with Gasteiger partial charge in [0, 0.05) is 11.8 Å². The van der Waals surface area contributed by atoms with Crippen LogP contribution in [0.3, 0.4) is 0 Å². The summed E-state index contributed by atoms with van der Waals surface area (Å²) in [5.74, 6) is 0.655. The summed E-state index contributed by atoms with van der Waals surface area (Å²) in [6.45, 7) is 6.28. The first kappa shape index (κ1) is 18.5. The Kier molecular flexibility index (Phi) is 6.57. The number of aldehydes is 1. The van der Waals surface area contributed by atoms with E-state index >= 15 is 0 Å². The molecular weight excluding hydrogens is 318 g/mol. The van der Waals surface area contributed by atoms with Crippen LogP contribution in [-0.4, -0.2) is 25.4 Å². The molecule has 0 aliphatic rings. The third-order valence-corrected chi connectivity index (χ3v) is 3.61. The number of hydrogen-bond donors (Lipinski definition) is 1. The summed E-state index contributed by atoms with van der Waals surface area (Å²) in [5, 5.41) is 2.82. The Morgan fingerprint density at radius 2 is 1.92 bits per heavy atom. The van der Waals surface area contributed by atoms with E-state index < -0.39 is 0 Å². The normalized spacial score (nSPS) is 10.2. The summed E-state index contributed by atoms with van der Waals surface area (Å²) < 4.78 is 11.1. The molecule has 1 N–H and O–H groups in total. The van der Waals surface area contributed by atoms with Crippen molar-refractivity contribution in [1.82, 2.24) is 0 Å². The van der Waals surface area contributed by atoms with E-state index in [1.54, 1.807) is 18.2 Å². The molecule has 2 aromatic carbocycles. The Bertz CT molecular complexity index is 755. The minimum atomic E-state index is -0.287. The van der Waals surface area contributed by atoms with Crippen molar-refractivity contribution >= 4 is 17.9 Å². The molecule has 0 bridgehead atoms. The predicted molar refractivity (Wildman–Crippen MR) is 97.7 cm³/mol. The van der Waals surface area contributed by atoms with Gasteiger partial charge in [0.25, 0.3) is 5.91 Å². The van der Waals surface area contributed by atoms with Gasteiger partial charge in [-0.2, -0.15) is 0 Å². The molecule has 0 spiro atoms. The molecule has 2 aromatic rings.